The summed E-state index contributed by atoms with van der Waals surface area (Å²) in [6, 6.07) is 1.75. The SMILES string of the molecule is Cc1cc(C)[n+](O[Cl+3]([O-])([O-])[O-])c(C)c1C. The zero-order chi connectivity index (χ0) is 11.8. The van der Waals surface area contributed by atoms with Crippen LogP contribution in [0.1, 0.15) is 22.5 Å². The number of nitrogens with zero attached hydrogens (tertiary/aromatic N) is 1. The van der Waals surface area contributed by atoms with Gasteiger partial charge >= 0.3 is 0 Å². The predicted octanol–water partition coefficient (Wildman–Crippen LogP) is -2.47. The number of halogens is 1. The fraction of sp³-hybridized carbons (Fsp3) is 0.444. The number of aryl methyl sites for hydroxylation is 2. The summed E-state index contributed by atoms with van der Waals surface area (Å²) < 4.78 is 36.7. The molecular weight excluding hydrogens is 222 g/mol. The Balaban J connectivity index is 3.24. The fourth-order valence-corrected chi connectivity index (χ4v) is 1.75. The van der Waals surface area contributed by atoms with Crippen molar-refractivity contribution in [2.45, 2.75) is 27.7 Å². The van der Waals surface area contributed by atoms with E-state index in [0.29, 0.717) is 11.4 Å². The van der Waals surface area contributed by atoms with Gasteiger partial charge < -0.3 is 0 Å². The first-order valence-electron chi connectivity index (χ1n) is 4.32. The van der Waals surface area contributed by atoms with Crippen LogP contribution in [-0.4, -0.2) is 0 Å². The summed E-state index contributed by atoms with van der Waals surface area (Å²) in [4.78, 5) is 0. The molecule has 6 heteroatoms. The molecule has 0 amide bonds. The van der Waals surface area contributed by atoms with Gasteiger partial charge in [0.25, 0.3) is 0 Å². The zero-order valence-corrected chi connectivity index (χ0v) is 9.79. The van der Waals surface area contributed by atoms with E-state index in [0.717, 1.165) is 15.9 Å². The molecule has 84 valence electrons. The first-order chi connectivity index (χ1) is 6.72. The predicted molar refractivity (Wildman–Crippen MR) is 42.2 cm³/mol. The van der Waals surface area contributed by atoms with Gasteiger partial charge in [0.15, 0.2) is 4.39 Å². The van der Waals surface area contributed by atoms with E-state index < -0.39 is 10.2 Å². The van der Waals surface area contributed by atoms with E-state index in [1.165, 1.54) is 0 Å². The molecule has 0 aliphatic carbocycles. The van der Waals surface area contributed by atoms with Gasteiger partial charge in [-0.2, -0.15) is 14.0 Å². The van der Waals surface area contributed by atoms with E-state index in [1.807, 2.05) is 13.8 Å². The first-order valence-corrected chi connectivity index (χ1v) is 5.56. The van der Waals surface area contributed by atoms with Gasteiger partial charge in [0.05, 0.1) is 0 Å². The Morgan fingerprint density at radius 2 is 1.67 bits per heavy atom. The normalized spacial score (nSPS) is 11.7. The van der Waals surface area contributed by atoms with Crippen molar-refractivity contribution in [2.24, 2.45) is 0 Å². The van der Waals surface area contributed by atoms with Crippen molar-refractivity contribution in [3.05, 3.63) is 28.6 Å². The monoisotopic (exact) mass is 234 g/mol. The van der Waals surface area contributed by atoms with Crippen LogP contribution < -0.4 is 23.1 Å². The topological polar surface area (TPSA) is 82.3 Å². The third-order valence-corrected chi connectivity index (χ3v) is 2.65. The summed E-state index contributed by atoms with van der Waals surface area (Å²) in [5.74, 6) is 0. The van der Waals surface area contributed by atoms with Crippen molar-refractivity contribution >= 4 is 0 Å². The third-order valence-electron chi connectivity index (χ3n) is 2.34. The molecule has 0 unspecified atom stereocenters. The van der Waals surface area contributed by atoms with Crippen molar-refractivity contribution in [1.82, 2.24) is 0 Å². The molecule has 0 aliphatic heterocycles. The molecule has 1 aromatic rings. The Hall–Kier alpha value is -0.880. The van der Waals surface area contributed by atoms with Gasteiger partial charge in [-0.3, -0.25) is 0 Å². The second-order valence-corrected chi connectivity index (χ2v) is 4.31. The maximum absolute atomic E-state index is 10.5. The molecule has 0 saturated heterocycles. The van der Waals surface area contributed by atoms with Crippen molar-refractivity contribution in [1.29, 1.82) is 0 Å². The largest absolute Gasteiger partial charge is 0.250 e. The van der Waals surface area contributed by atoms with E-state index >= 15 is 0 Å². The average Bonchev–Trinajstić information content (AvgIpc) is 2.07. The molecule has 1 aromatic heterocycles. The van der Waals surface area contributed by atoms with Crippen LogP contribution in [0.2, 0.25) is 0 Å². The van der Waals surface area contributed by atoms with Gasteiger partial charge in [-0.1, -0.05) is 0 Å². The molecule has 0 N–H and O–H groups in total. The highest BCUT2D eigenvalue weighted by atomic mass is 35.7. The van der Waals surface area contributed by atoms with Gasteiger partial charge in [-0.25, -0.2) is 0 Å². The highest BCUT2D eigenvalue weighted by Crippen LogP contribution is 2.09. The van der Waals surface area contributed by atoms with E-state index in [9.17, 15) is 14.0 Å². The number of hydrogen-bond donors (Lipinski definition) is 0. The van der Waals surface area contributed by atoms with E-state index in [1.54, 1.807) is 19.9 Å². The molecule has 15 heavy (non-hydrogen) atoms. The summed E-state index contributed by atoms with van der Waals surface area (Å²) in [5.41, 5.74) is 3.06. The lowest BCUT2D eigenvalue weighted by atomic mass is 10.1. The number of aromatic nitrogens is 1. The van der Waals surface area contributed by atoms with Gasteiger partial charge in [-0.15, -0.1) is 0 Å². The second kappa shape index (κ2) is 3.94. The van der Waals surface area contributed by atoms with Gasteiger partial charge in [0.2, 0.25) is 21.6 Å². The first kappa shape index (κ1) is 12.2. The average molecular weight is 235 g/mol. The van der Waals surface area contributed by atoms with E-state index in [-0.39, 0.29) is 0 Å². The minimum Gasteiger partial charge on any atom is -0.161 e. The summed E-state index contributed by atoms with van der Waals surface area (Å²) in [6.07, 6.45) is 0. The quantitative estimate of drug-likeness (QED) is 0.531. The van der Waals surface area contributed by atoms with Crippen LogP contribution in [0.4, 0.5) is 0 Å². The lowest BCUT2D eigenvalue weighted by Gasteiger charge is -2.08. The lowest BCUT2D eigenvalue weighted by molar-refractivity contribution is -1.94. The summed E-state index contributed by atoms with van der Waals surface area (Å²) >= 11 is 0. The number of pyridine rings is 1. The van der Waals surface area contributed by atoms with E-state index in [2.05, 4.69) is 4.39 Å². The Labute approximate surface area is 90.2 Å². The fourth-order valence-electron chi connectivity index (χ4n) is 1.37. The van der Waals surface area contributed by atoms with Crippen LogP contribution in [0.3, 0.4) is 0 Å². The molecule has 0 saturated carbocycles. The molecule has 0 aliphatic rings. The zero-order valence-electron chi connectivity index (χ0n) is 9.04. The standard InChI is InChI=1S/C9H13ClNO4/c1-6-5-7(2)11(9(4)8(6)3)15-10(12,13)14/h5H,1-4H3/q+1. The van der Waals surface area contributed by atoms with Crippen LogP contribution in [0.25, 0.3) is 0 Å². The molecule has 0 atom stereocenters. The molecular formula is C9H13ClNO4+. The van der Waals surface area contributed by atoms with Gasteiger partial charge in [0.1, 0.15) is 4.73 Å². The Bertz CT molecular complexity index is 387. The Kier molecular flexibility index (Phi) is 3.20. The number of hydrogen-bond acceptors (Lipinski definition) is 4. The van der Waals surface area contributed by atoms with Crippen LogP contribution in [-0.2, 0) is 0 Å². The summed E-state index contributed by atoms with van der Waals surface area (Å²) in [6.45, 7) is 7.09. The molecule has 0 bridgehead atoms. The van der Waals surface area contributed by atoms with Crippen molar-refractivity contribution in [2.75, 3.05) is 0 Å². The van der Waals surface area contributed by atoms with Crippen molar-refractivity contribution in [3.63, 3.8) is 0 Å². The third kappa shape index (κ3) is 2.79. The van der Waals surface area contributed by atoms with Gasteiger partial charge in [0, 0.05) is 25.5 Å². The van der Waals surface area contributed by atoms with Gasteiger partial charge in [-0.05, 0) is 19.4 Å². The smallest absolute Gasteiger partial charge is 0.161 e. The van der Waals surface area contributed by atoms with Crippen LogP contribution in [0.15, 0.2) is 6.07 Å². The minimum atomic E-state index is -4.46. The molecule has 1 rings (SSSR count). The highest BCUT2D eigenvalue weighted by Gasteiger charge is 2.32. The molecule has 0 spiro atoms. The minimum absolute atomic E-state index is 0.558. The Morgan fingerprint density at radius 1 is 1.13 bits per heavy atom. The van der Waals surface area contributed by atoms with Crippen LogP contribution in [0, 0.1) is 37.9 Å². The maximum atomic E-state index is 10.5. The van der Waals surface area contributed by atoms with Crippen LogP contribution in [0.5, 0.6) is 0 Å². The molecule has 5 nitrogen and oxygen atoms in total. The summed E-state index contributed by atoms with van der Waals surface area (Å²) in [7, 11) is -4.46. The Morgan fingerprint density at radius 3 is 2.13 bits per heavy atom. The van der Waals surface area contributed by atoms with Crippen molar-refractivity contribution in [3.8, 4) is 0 Å². The molecule has 0 fully saturated rings. The lowest BCUT2D eigenvalue weighted by Crippen LogP contribution is -2.72. The second-order valence-electron chi connectivity index (χ2n) is 3.42. The maximum Gasteiger partial charge on any atom is 0.250 e. The summed E-state index contributed by atoms with van der Waals surface area (Å²) in [5, 5.41) is 0. The molecule has 0 radical (unpaired) electrons. The van der Waals surface area contributed by atoms with Crippen LogP contribution >= 0.6 is 0 Å². The highest BCUT2D eigenvalue weighted by molar-refractivity contribution is 5.25. The number of rotatable bonds is 2. The van der Waals surface area contributed by atoms with Crippen molar-refractivity contribution < 1.29 is 33.3 Å². The molecule has 0 aromatic carbocycles. The molecule has 1 heterocycles. The van der Waals surface area contributed by atoms with E-state index in [4.69, 9.17) is 0 Å².